The van der Waals surface area contributed by atoms with E-state index >= 15 is 0 Å². The lowest BCUT2D eigenvalue weighted by Gasteiger charge is -2.06. The van der Waals surface area contributed by atoms with E-state index in [-0.39, 0.29) is 5.91 Å². The molecule has 1 N–H and O–H groups in total. The van der Waals surface area contributed by atoms with Gasteiger partial charge in [-0.2, -0.15) is 4.98 Å². The Kier molecular flexibility index (Phi) is 5.23. The predicted octanol–water partition coefficient (Wildman–Crippen LogP) is 2.51. The lowest BCUT2D eigenvalue weighted by molar-refractivity contribution is -0.121. The van der Waals surface area contributed by atoms with E-state index in [9.17, 15) is 4.79 Å². The molecule has 0 saturated carbocycles. The highest BCUT2D eigenvalue weighted by atomic mass is 16.5. The number of aromatic nitrogens is 4. The van der Waals surface area contributed by atoms with Crippen molar-refractivity contribution in [3.63, 3.8) is 0 Å². The second-order valence-electron chi connectivity index (χ2n) is 5.77. The van der Waals surface area contributed by atoms with E-state index in [1.165, 1.54) is 0 Å². The number of nitrogens with zero attached hydrogens (tertiary/aromatic N) is 4. The van der Waals surface area contributed by atoms with Gasteiger partial charge in [0, 0.05) is 31.1 Å². The average Bonchev–Trinajstić information content (AvgIpc) is 3.27. The minimum absolute atomic E-state index is 0.0560. The molecule has 0 spiro atoms. The highest BCUT2D eigenvalue weighted by Gasteiger charge is 2.12. The molecule has 0 saturated heterocycles. The van der Waals surface area contributed by atoms with Gasteiger partial charge in [0.05, 0.1) is 18.6 Å². The summed E-state index contributed by atoms with van der Waals surface area (Å²) in [5.41, 5.74) is 3.00. The van der Waals surface area contributed by atoms with Gasteiger partial charge in [0.1, 0.15) is 0 Å². The molecule has 3 aromatic rings. The minimum atomic E-state index is -0.0560. The summed E-state index contributed by atoms with van der Waals surface area (Å²) in [6.45, 7) is 5.33. The first-order valence-electron chi connectivity index (χ1n) is 8.31. The van der Waals surface area contributed by atoms with Crippen molar-refractivity contribution in [2.45, 2.75) is 39.8 Å². The van der Waals surface area contributed by atoms with Gasteiger partial charge in [0.2, 0.25) is 17.6 Å². The van der Waals surface area contributed by atoms with Gasteiger partial charge in [0.25, 0.3) is 0 Å². The highest BCUT2D eigenvalue weighted by Crippen LogP contribution is 2.20. The van der Waals surface area contributed by atoms with Crippen molar-refractivity contribution in [1.29, 1.82) is 0 Å². The van der Waals surface area contributed by atoms with Gasteiger partial charge in [-0.25, -0.2) is 4.98 Å². The van der Waals surface area contributed by atoms with Gasteiger partial charge in [-0.15, -0.1) is 0 Å². The number of imidazole rings is 1. The Morgan fingerprint density at radius 3 is 2.96 bits per heavy atom. The molecule has 7 nitrogen and oxygen atoms in total. The van der Waals surface area contributed by atoms with Crippen LogP contribution in [0.25, 0.3) is 11.4 Å². The highest BCUT2D eigenvalue weighted by molar-refractivity contribution is 5.76. The van der Waals surface area contributed by atoms with Crippen LogP contribution in [0.5, 0.6) is 0 Å². The molecule has 3 rings (SSSR count). The summed E-state index contributed by atoms with van der Waals surface area (Å²) in [6, 6.07) is 7.86. The quantitative estimate of drug-likeness (QED) is 0.715. The lowest BCUT2D eigenvalue weighted by Crippen LogP contribution is -2.24. The SMILES string of the molecule is CCn1cncc1CNC(=O)CCc1nc(-c2ccccc2C)no1. The second-order valence-corrected chi connectivity index (χ2v) is 5.77. The topological polar surface area (TPSA) is 85.8 Å². The van der Waals surface area contributed by atoms with Gasteiger partial charge in [-0.3, -0.25) is 4.79 Å². The maximum Gasteiger partial charge on any atom is 0.227 e. The maximum atomic E-state index is 12.0. The number of aryl methyl sites for hydroxylation is 3. The zero-order valence-electron chi connectivity index (χ0n) is 14.4. The number of carbonyl (C=O) groups is 1. The van der Waals surface area contributed by atoms with Crippen LogP contribution in [0.15, 0.2) is 41.3 Å². The predicted molar refractivity (Wildman–Crippen MR) is 92.5 cm³/mol. The molecular formula is C18H21N5O2. The Hall–Kier alpha value is -2.96. The average molecular weight is 339 g/mol. The molecular weight excluding hydrogens is 318 g/mol. The Morgan fingerprint density at radius 1 is 1.32 bits per heavy atom. The molecule has 7 heteroatoms. The standard InChI is InChI=1S/C18H21N5O2/c1-3-23-12-19-10-14(23)11-20-16(24)8-9-17-21-18(22-25-17)15-7-5-4-6-13(15)2/h4-7,10,12H,3,8-9,11H2,1-2H3,(H,20,24). The Morgan fingerprint density at radius 2 is 2.16 bits per heavy atom. The fourth-order valence-electron chi connectivity index (χ4n) is 2.57. The summed E-state index contributed by atoms with van der Waals surface area (Å²) in [4.78, 5) is 20.5. The second kappa shape index (κ2) is 7.74. The molecule has 0 bridgehead atoms. The van der Waals surface area contributed by atoms with Gasteiger partial charge in [0.15, 0.2) is 0 Å². The summed E-state index contributed by atoms with van der Waals surface area (Å²) >= 11 is 0. The van der Waals surface area contributed by atoms with Crippen LogP contribution < -0.4 is 5.32 Å². The Balaban J connectivity index is 1.52. The minimum Gasteiger partial charge on any atom is -0.350 e. The van der Waals surface area contributed by atoms with Crippen molar-refractivity contribution in [2.75, 3.05) is 0 Å². The van der Waals surface area contributed by atoms with E-state index in [0.29, 0.717) is 31.1 Å². The number of rotatable bonds is 7. The van der Waals surface area contributed by atoms with Crippen molar-refractivity contribution in [1.82, 2.24) is 25.0 Å². The summed E-state index contributed by atoms with van der Waals surface area (Å²) in [5, 5.41) is 6.89. The molecule has 0 aliphatic carbocycles. The molecule has 2 heterocycles. The molecule has 2 aromatic heterocycles. The zero-order valence-corrected chi connectivity index (χ0v) is 14.4. The number of hydrogen-bond acceptors (Lipinski definition) is 5. The van der Waals surface area contributed by atoms with E-state index < -0.39 is 0 Å². The van der Waals surface area contributed by atoms with Gasteiger partial charge in [-0.1, -0.05) is 29.4 Å². The summed E-state index contributed by atoms with van der Waals surface area (Å²) in [6.07, 6.45) is 4.23. The molecule has 130 valence electrons. The first-order chi connectivity index (χ1) is 12.2. The molecule has 0 aliphatic heterocycles. The van der Waals surface area contributed by atoms with Crippen molar-refractivity contribution >= 4 is 5.91 Å². The molecule has 25 heavy (non-hydrogen) atoms. The number of amides is 1. The van der Waals surface area contributed by atoms with Crippen LogP contribution in [-0.4, -0.2) is 25.6 Å². The fourth-order valence-corrected chi connectivity index (χ4v) is 2.57. The molecule has 0 fully saturated rings. The molecule has 0 unspecified atom stereocenters. The number of carbonyl (C=O) groups excluding carboxylic acids is 1. The molecule has 0 aliphatic rings. The molecule has 0 radical (unpaired) electrons. The van der Waals surface area contributed by atoms with E-state index in [4.69, 9.17) is 4.52 Å². The first-order valence-corrected chi connectivity index (χ1v) is 8.31. The van der Waals surface area contributed by atoms with Crippen LogP contribution in [-0.2, 0) is 24.3 Å². The van der Waals surface area contributed by atoms with Gasteiger partial charge >= 0.3 is 0 Å². The van der Waals surface area contributed by atoms with Crippen LogP contribution in [0, 0.1) is 6.92 Å². The lowest BCUT2D eigenvalue weighted by atomic mass is 10.1. The van der Waals surface area contributed by atoms with Crippen LogP contribution in [0.4, 0.5) is 0 Å². The number of nitrogens with one attached hydrogen (secondary N) is 1. The van der Waals surface area contributed by atoms with Crippen molar-refractivity contribution in [3.05, 3.63) is 53.9 Å². The third-order valence-electron chi connectivity index (χ3n) is 4.03. The Bertz CT molecular complexity index is 853. The monoisotopic (exact) mass is 339 g/mol. The fraction of sp³-hybridized carbons (Fsp3) is 0.333. The smallest absolute Gasteiger partial charge is 0.227 e. The van der Waals surface area contributed by atoms with E-state index in [1.54, 1.807) is 12.5 Å². The summed E-state index contributed by atoms with van der Waals surface area (Å²) < 4.78 is 7.25. The van der Waals surface area contributed by atoms with Crippen LogP contribution in [0.3, 0.4) is 0 Å². The third-order valence-corrected chi connectivity index (χ3v) is 4.03. The van der Waals surface area contributed by atoms with E-state index in [2.05, 4.69) is 20.4 Å². The molecule has 1 amide bonds. The number of benzene rings is 1. The van der Waals surface area contributed by atoms with E-state index in [1.807, 2.05) is 42.7 Å². The maximum absolute atomic E-state index is 12.0. The Labute approximate surface area is 146 Å². The van der Waals surface area contributed by atoms with Crippen molar-refractivity contribution < 1.29 is 9.32 Å². The third kappa shape index (κ3) is 4.12. The largest absolute Gasteiger partial charge is 0.350 e. The van der Waals surface area contributed by atoms with Crippen LogP contribution in [0.1, 0.15) is 30.5 Å². The van der Waals surface area contributed by atoms with E-state index in [0.717, 1.165) is 23.4 Å². The summed E-state index contributed by atoms with van der Waals surface area (Å²) in [7, 11) is 0. The molecule has 1 aromatic carbocycles. The molecule has 0 atom stereocenters. The van der Waals surface area contributed by atoms with Crippen molar-refractivity contribution in [2.24, 2.45) is 0 Å². The first kappa shape index (κ1) is 16.9. The van der Waals surface area contributed by atoms with Gasteiger partial charge in [-0.05, 0) is 19.4 Å². The normalized spacial score (nSPS) is 10.8. The van der Waals surface area contributed by atoms with Crippen LogP contribution >= 0.6 is 0 Å². The van der Waals surface area contributed by atoms with Gasteiger partial charge < -0.3 is 14.4 Å². The number of hydrogen-bond donors (Lipinski definition) is 1. The van der Waals surface area contributed by atoms with Crippen LogP contribution in [0.2, 0.25) is 0 Å². The van der Waals surface area contributed by atoms with Crippen molar-refractivity contribution in [3.8, 4) is 11.4 Å². The zero-order chi connectivity index (χ0) is 17.6. The summed E-state index contributed by atoms with van der Waals surface area (Å²) in [5.74, 6) is 0.965.